The van der Waals surface area contributed by atoms with E-state index < -0.39 is 0 Å². The minimum absolute atomic E-state index is 0.120. The Morgan fingerprint density at radius 2 is 2.19 bits per heavy atom. The zero-order valence-corrected chi connectivity index (χ0v) is 19.1. The minimum atomic E-state index is 0.120. The fourth-order valence-corrected chi connectivity index (χ4v) is 6.67. The summed E-state index contributed by atoms with van der Waals surface area (Å²) in [5.74, 6) is 1.36. The Balaban J connectivity index is 1.24. The van der Waals surface area contributed by atoms with Crippen LogP contribution in [0, 0.1) is 5.92 Å². The fourth-order valence-electron chi connectivity index (χ4n) is 4.70. The number of anilines is 2. The van der Waals surface area contributed by atoms with E-state index in [0.717, 1.165) is 59.5 Å². The Hall–Kier alpha value is -2.90. The van der Waals surface area contributed by atoms with Gasteiger partial charge in [-0.3, -0.25) is 9.79 Å². The zero-order chi connectivity index (χ0) is 21.5. The molecule has 7 heteroatoms. The largest absolute Gasteiger partial charge is 0.340 e. The van der Waals surface area contributed by atoms with Gasteiger partial charge in [-0.15, -0.1) is 11.3 Å². The SMILES string of the molecule is O=C(CCc1ccsc1)C1CCc2c(sc3ncnc(Nc4ccc5c(c4)C=NC5)c23)C1. The normalized spacial score (nSPS) is 16.8. The van der Waals surface area contributed by atoms with Crippen LogP contribution in [0.4, 0.5) is 11.5 Å². The van der Waals surface area contributed by atoms with Crippen LogP contribution in [0.5, 0.6) is 0 Å². The average Bonchev–Trinajstić information content (AvgIpc) is 3.56. The monoisotopic (exact) mass is 458 g/mol. The Morgan fingerprint density at radius 3 is 3.09 bits per heavy atom. The number of fused-ring (bicyclic) bond motifs is 4. The molecule has 1 unspecified atom stereocenters. The molecule has 0 saturated carbocycles. The maximum Gasteiger partial charge on any atom is 0.142 e. The van der Waals surface area contributed by atoms with E-state index in [0.29, 0.717) is 12.2 Å². The third kappa shape index (κ3) is 3.65. The number of aryl methyl sites for hydroxylation is 2. The zero-order valence-electron chi connectivity index (χ0n) is 17.5. The van der Waals surface area contributed by atoms with E-state index in [9.17, 15) is 4.79 Å². The van der Waals surface area contributed by atoms with Crippen LogP contribution < -0.4 is 5.32 Å². The predicted octanol–water partition coefficient (Wildman–Crippen LogP) is 5.74. The van der Waals surface area contributed by atoms with Crippen molar-refractivity contribution in [3.63, 3.8) is 0 Å². The first-order valence-electron chi connectivity index (χ1n) is 10.9. The Labute approximate surface area is 194 Å². The van der Waals surface area contributed by atoms with Gasteiger partial charge in [0.1, 0.15) is 22.8 Å². The molecule has 0 bridgehead atoms. The summed E-state index contributed by atoms with van der Waals surface area (Å²) in [5, 5.41) is 8.84. The molecule has 0 radical (unpaired) electrons. The van der Waals surface area contributed by atoms with E-state index in [4.69, 9.17) is 0 Å². The summed E-state index contributed by atoms with van der Waals surface area (Å²) in [4.78, 5) is 28.6. The van der Waals surface area contributed by atoms with Gasteiger partial charge < -0.3 is 5.32 Å². The molecule has 1 atom stereocenters. The number of ketones is 1. The van der Waals surface area contributed by atoms with Gasteiger partial charge in [0.25, 0.3) is 0 Å². The van der Waals surface area contributed by atoms with E-state index in [1.807, 2.05) is 6.21 Å². The van der Waals surface area contributed by atoms with Gasteiger partial charge >= 0.3 is 0 Å². The lowest BCUT2D eigenvalue weighted by molar-refractivity contribution is -0.123. The topological polar surface area (TPSA) is 67.2 Å². The van der Waals surface area contributed by atoms with Crippen molar-refractivity contribution in [3.05, 3.63) is 68.5 Å². The summed E-state index contributed by atoms with van der Waals surface area (Å²) >= 11 is 3.41. The third-order valence-corrected chi connectivity index (χ3v) is 8.34. The molecule has 6 rings (SSSR count). The maximum absolute atomic E-state index is 12.9. The van der Waals surface area contributed by atoms with Gasteiger partial charge in [-0.25, -0.2) is 9.97 Å². The highest BCUT2D eigenvalue weighted by molar-refractivity contribution is 7.19. The Bertz CT molecular complexity index is 1340. The second-order valence-electron chi connectivity index (χ2n) is 8.45. The lowest BCUT2D eigenvalue weighted by Crippen LogP contribution is -2.22. The first kappa shape index (κ1) is 19.8. The van der Waals surface area contributed by atoms with Crippen molar-refractivity contribution in [3.8, 4) is 0 Å². The number of Topliss-reactive ketones (excluding diaryl/α,β-unsaturated/α-hetero) is 1. The highest BCUT2D eigenvalue weighted by atomic mass is 32.1. The van der Waals surface area contributed by atoms with Crippen molar-refractivity contribution >= 4 is 56.4 Å². The molecular formula is C25H22N4OS2. The molecule has 3 aromatic heterocycles. The predicted molar refractivity (Wildman–Crippen MR) is 132 cm³/mol. The Morgan fingerprint density at radius 1 is 1.22 bits per heavy atom. The van der Waals surface area contributed by atoms with Crippen LogP contribution in [0.2, 0.25) is 0 Å². The molecule has 0 amide bonds. The van der Waals surface area contributed by atoms with Crippen molar-refractivity contribution in [2.24, 2.45) is 10.9 Å². The van der Waals surface area contributed by atoms with Gasteiger partial charge in [-0.2, -0.15) is 11.3 Å². The Kier molecular flexibility index (Phi) is 5.08. The van der Waals surface area contributed by atoms with Gasteiger partial charge in [-0.1, -0.05) is 6.07 Å². The van der Waals surface area contributed by atoms with Crippen LogP contribution in [-0.2, 0) is 30.6 Å². The number of nitrogens with one attached hydrogen (secondary N) is 1. The van der Waals surface area contributed by atoms with Crippen LogP contribution in [0.1, 0.15) is 40.0 Å². The summed E-state index contributed by atoms with van der Waals surface area (Å²) in [7, 11) is 0. The third-order valence-electron chi connectivity index (χ3n) is 6.44. The summed E-state index contributed by atoms with van der Waals surface area (Å²) in [6.07, 6.45) is 7.68. The van der Waals surface area contributed by atoms with E-state index in [1.54, 1.807) is 29.0 Å². The number of carbonyl (C=O) groups is 1. The summed E-state index contributed by atoms with van der Waals surface area (Å²) < 4.78 is 0. The molecular weight excluding hydrogens is 436 g/mol. The van der Waals surface area contributed by atoms with Crippen molar-refractivity contribution in [2.75, 3.05) is 5.32 Å². The van der Waals surface area contributed by atoms with Crippen molar-refractivity contribution in [1.29, 1.82) is 0 Å². The number of hydrogen-bond acceptors (Lipinski definition) is 7. The number of aromatic nitrogens is 2. The van der Waals surface area contributed by atoms with Crippen LogP contribution in [0.25, 0.3) is 10.2 Å². The van der Waals surface area contributed by atoms with Crippen molar-refractivity contribution in [2.45, 2.75) is 38.6 Å². The van der Waals surface area contributed by atoms with Gasteiger partial charge in [0.2, 0.25) is 0 Å². The quantitative estimate of drug-likeness (QED) is 0.400. The smallest absolute Gasteiger partial charge is 0.142 e. The lowest BCUT2D eigenvalue weighted by Gasteiger charge is -2.21. The number of benzene rings is 1. The molecule has 1 aliphatic carbocycles. The molecule has 4 heterocycles. The number of carbonyl (C=O) groups excluding carboxylic acids is 1. The van der Waals surface area contributed by atoms with E-state index >= 15 is 0 Å². The fraction of sp³-hybridized carbons (Fsp3) is 0.280. The molecule has 1 aromatic carbocycles. The summed E-state index contributed by atoms with van der Waals surface area (Å²) in [5.41, 5.74) is 6.01. The first-order valence-corrected chi connectivity index (χ1v) is 12.7. The average molecular weight is 459 g/mol. The molecule has 0 spiro atoms. The van der Waals surface area contributed by atoms with Gasteiger partial charge in [0, 0.05) is 29.1 Å². The maximum atomic E-state index is 12.9. The second-order valence-corrected chi connectivity index (χ2v) is 10.3. The van der Waals surface area contributed by atoms with E-state index in [1.165, 1.54) is 21.6 Å². The molecule has 2 aliphatic rings. The molecule has 0 saturated heterocycles. The molecule has 160 valence electrons. The molecule has 1 aliphatic heterocycles. The number of hydrogen-bond donors (Lipinski definition) is 1. The molecule has 5 nitrogen and oxygen atoms in total. The molecule has 0 fully saturated rings. The van der Waals surface area contributed by atoms with Crippen LogP contribution >= 0.6 is 22.7 Å². The molecule has 32 heavy (non-hydrogen) atoms. The van der Waals surface area contributed by atoms with Gasteiger partial charge in [-0.05, 0) is 76.9 Å². The van der Waals surface area contributed by atoms with Crippen LogP contribution in [0.15, 0.2) is 46.3 Å². The number of rotatable bonds is 6. The van der Waals surface area contributed by atoms with Crippen molar-refractivity contribution in [1.82, 2.24) is 9.97 Å². The number of aliphatic imine (C=N–C) groups is 1. The highest BCUT2D eigenvalue weighted by Gasteiger charge is 2.28. The summed E-state index contributed by atoms with van der Waals surface area (Å²) in [6, 6.07) is 8.45. The van der Waals surface area contributed by atoms with Crippen LogP contribution in [0.3, 0.4) is 0 Å². The molecule has 1 N–H and O–H groups in total. The van der Waals surface area contributed by atoms with Gasteiger partial charge in [0.05, 0.1) is 11.9 Å². The van der Waals surface area contributed by atoms with Gasteiger partial charge in [0.15, 0.2) is 0 Å². The van der Waals surface area contributed by atoms with E-state index in [-0.39, 0.29) is 5.92 Å². The number of thiophene rings is 2. The van der Waals surface area contributed by atoms with Crippen LogP contribution in [-0.4, -0.2) is 22.0 Å². The van der Waals surface area contributed by atoms with Crippen molar-refractivity contribution < 1.29 is 4.79 Å². The number of nitrogens with zero attached hydrogens (tertiary/aromatic N) is 3. The minimum Gasteiger partial charge on any atom is -0.340 e. The lowest BCUT2D eigenvalue weighted by atomic mass is 9.83. The van der Waals surface area contributed by atoms with E-state index in [2.05, 4.69) is 55.3 Å². The second kappa shape index (κ2) is 8.22. The highest BCUT2D eigenvalue weighted by Crippen LogP contribution is 2.41. The standard InChI is InChI=1S/C25H22N4OS2/c30-21(6-1-15-7-8-31-13-15)16-3-5-20-22(10-16)32-25-23(20)24(27-14-28-25)29-19-4-2-17-11-26-12-18(17)9-19/h2,4,7-9,12-14,16H,1,3,5-6,10-11H2,(H,27,28,29). The molecule has 4 aromatic rings. The summed E-state index contributed by atoms with van der Waals surface area (Å²) in [6.45, 7) is 0.762. The first-order chi connectivity index (χ1) is 15.7.